The summed E-state index contributed by atoms with van der Waals surface area (Å²) in [6, 6.07) is 21.3. The van der Waals surface area contributed by atoms with Gasteiger partial charge in [-0.3, -0.25) is 9.59 Å². The molecule has 0 spiro atoms. The quantitative estimate of drug-likeness (QED) is 0.597. The average Bonchev–Trinajstić information content (AvgIpc) is 3.20. The fourth-order valence-corrected chi connectivity index (χ4v) is 4.06. The molecule has 2 aromatic carbocycles. The van der Waals surface area contributed by atoms with Crippen LogP contribution < -0.4 is 5.56 Å². The third-order valence-corrected chi connectivity index (χ3v) is 5.74. The van der Waals surface area contributed by atoms with Crippen LogP contribution in [-0.2, 0) is 6.54 Å². The van der Waals surface area contributed by atoms with Gasteiger partial charge in [0.2, 0.25) is 0 Å². The molecule has 1 aliphatic rings. The minimum Gasteiger partial charge on any atom is -0.331 e. The summed E-state index contributed by atoms with van der Waals surface area (Å²) < 4.78 is 2.62. The monoisotopic (exact) mass is 436 g/mol. The molecule has 5 heteroatoms. The molecule has 1 atom stereocenters. The van der Waals surface area contributed by atoms with Crippen LogP contribution in [-0.4, -0.2) is 21.9 Å². The SMILES string of the molecule is O=C(c1cccn(Cc2ccccc2)c1=O)N1CCCC1c1ccc(Br)cc1. The summed E-state index contributed by atoms with van der Waals surface area (Å²) in [6.07, 6.45) is 3.60. The second-order valence-corrected chi connectivity index (χ2v) is 7.96. The smallest absolute Gasteiger partial charge is 0.263 e. The van der Waals surface area contributed by atoms with Gasteiger partial charge in [-0.2, -0.15) is 0 Å². The summed E-state index contributed by atoms with van der Waals surface area (Å²) in [6.45, 7) is 1.13. The lowest BCUT2D eigenvalue weighted by molar-refractivity contribution is 0.0733. The van der Waals surface area contributed by atoms with Crippen LogP contribution in [0.3, 0.4) is 0 Å². The third kappa shape index (κ3) is 3.80. The zero-order valence-corrected chi connectivity index (χ0v) is 17.0. The molecule has 28 heavy (non-hydrogen) atoms. The highest BCUT2D eigenvalue weighted by molar-refractivity contribution is 9.10. The Labute approximate surface area is 172 Å². The Bertz CT molecular complexity index is 1030. The lowest BCUT2D eigenvalue weighted by atomic mass is 10.0. The molecule has 1 unspecified atom stereocenters. The van der Waals surface area contributed by atoms with Gasteiger partial charge in [-0.05, 0) is 48.2 Å². The maximum Gasteiger partial charge on any atom is 0.263 e. The summed E-state index contributed by atoms with van der Waals surface area (Å²) >= 11 is 3.45. The number of rotatable bonds is 4. The van der Waals surface area contributed by atoms with Crippen molar-refractivity contribution in [2.45, 2.75) is 25.4 Å². The maximum absolute atomic E-state index is 13.2. The first-order valence-electron chi connectivity index (χ1n) is 9.43. The second kappa shape index (κ2) is 8.15. The molecule has 1 amide bonds. The van der Waals surface area contributed by atoms with Crippen molar-refractivity contribution in [3.63, 3.8) is 0 Å². The zero-order valence-electron chi connectivity index (χ0n) is 15.4. The Hall–Kier alpha value is -2.66. The van der Waals surface area contributed by atoms with Crippen molar-refractivity contribution in [3.8, 4) is 0 Å². The molecule has 0 bridgehead atoms. The van der Waals surface area contributed by atoms with Gasteiger partial charge in [0.25, 0.3) is 11.5 Å². The molecule has 0 aliphatic carbocycles. The fraction of sp³-hybridized carbons (Fsp3) is 0.217. The molecule has 2 heterocycles. The van der Waals surface area contributed by atoms with Gasteiger partial charge < -0.3 is 9.47 Å². The zero-order chi connectivity index (χ0) is 19.5. The van der Waals surface area contributed by atoms with Crippen LogP contribution in [0.25, 0.3) is 0 Å². The van der Waals surface area contributed by atoms with Crippen molar-refractivity contribution in [1.82, 2.24) is 9.47 Å². The lowest BCUT2D eigenvalue weighted by Crippen LogP contribution is -2.36. The number of carbonyl (C=O) groups excluding carboxylic acids is 1. The van der Waals surface area contributed by atoms with E-state index in [4.69, 9.17) is 0 Å². The lowest BCUT2D eigenvalue weighted by Gasteiger charge is -2.25. The first-order valence-corrected chi connectivity index (χ1v) is 10.2. The van der Waals surface area contributed by atoms with E-state index in [9.17, 15) is 9.59 Å². The van der Waals surface area contributed by atoms with E-state index in [1.807, 2.05) is 59.5 Å². The minimum atomic E-state index is -0.238. The Kier molecular flexibility index (Phi) is 5.44. The van der Waals surface area contributed by atoms with Crippen LogP contribution in [0.1, 0.15) is 40.4 Å². The Balaban J connectivity index is 1.61. The van der Waals surface area contributed by atoms with E-state index >= 15 is 0 Å². The van der Waals surface area contributed by atoms with E-state index in [2.05, 4.69) is 15.9 Å². The number of pyridine rings is 1. The van der Waals surface area contributed by atoms with Gasteiger partial charge in [0.1, 0.15) is 5.56 Å². The summed E-state index contributed by atoms with van der Waals surface area (Å²) in [5.74, 6) is -0.183. The predicted octanol–water partition coefficient (Wildman–Crippen LogP) is 4.64. The molecule has 1 aliphatic heterocycles. The van der Waals surface area contributed by atoms with Crippen LogP contribution in [0.15, 0.2) is 82.2 Å². The predicted molar refractivity (Wildman–Crippen MR) is 113 cm³/mol. The Morgan fingerprint density at radius 2 is 1.75 bits per heavy atom. The number of aromatic nitrogens is 1. The molecule has 4 rings (SSSR count). The molecule has 1 fully saturated rings. The highest BCUT2D eigenvalue weighted by Crippen LogP contribution is 2.33. The topological polar surface area (TPSA) is 42.3 Å². The van der Waals surface area contributed by atoms with Crippen LogP contribution in [0, 0.1) is 0 Å². The molecular formula is C23H21BrN2O2. The highest BCUT2D eigenvalue weighted by atomic mass is 79.9. The summed E-state index contributed by atoms with van der Waals surface area (Å²) in [5, 5.41) is 0. The van der Waals surface area contributed by atoms with Gasteiger partial charge in [0.05, 0.1) is 12.6 Å². The van der Waals surface area contributed by atoms with Crippen LogP contribution >= 0.6 is 15.9 Å². The first kappa shape index (κ1) is 18.7. The van der Waals surface area contributed by atoms with Gasteiger partial charge in [-0.15, -0.1) is 0 Å². The molecule has 0 N–H and O–H groups in total. The van der Waals surface area contributed by atoms with Gasteiger partial charge >= 0.3 is 0 Å². The number of carbonyl (C=O) groups is 1. The fourth-order valence-electron chi connectivity index (χ4n) is 3.80. The third-order valence-electron chi connectivity index (χ3n) is 5.21. The average molecular weight is 437 g/mol. The normalized spacial score (nSPS) is 16.3. The van der Waals surface area contributed by atoms with Crippen LogP contribution in [0.2, 0.25) is 0 Å². The van der Waals surface area contributed by atoms with E-state index < -0.39 is 0 Å². The Morgan fingerprint density at radius 3 is 2.50 bits per heavy atom. The highest BCUT2D eigenvalue weighted by Gasteiger charge is 2.31. The second-order valence-electron chi connectivity index (χ2n) is 7.05. The van der Waals surface area contributed by atoms with Crippen molar-refractivity contribution in [3.05, 3.63) is 104 Å². The largest absolute Gasteiger partial charge is 0.331 e. The minimum absolute atomic E-state index is 0.0165. The van der Waals surface area contributed by atoms with Gasteiger partial charge in [-0.25, -0.2) is 0 Å². The van der Waals surface area contributed by atoms with Crippen molar-refractivity contribution in [2.24, 2.45) is 0 Å². The van der Waals surface area contributed by atoms with Crippen molar-refractivity contribution < 1.29 is 4.79 Å². The molecule has 0 saturated carbocycles. The molecule has 4 nitrogen and oxygen atoms in total. The van der Waals surface area contributed by atoms with E-state index in [1.54, 1.807) is 22.9 Å². The number of hydrogen-bond acceptors (Lipinski definition) is 2. The molecule has 142 valence electrons. The van der Waals surface area contributed by atoms with E-state index in [0.29, 0.717) is 13.1 Å². The Morgan fingerprint density at radius 1 is 1.00 bits per heavy atom. The standard InChI is InChI=1S/C23H21BrN2O2/c24-19-12-10-18(11-13-19)21-9-5-15-26(21)23(28)20-8-4-14-25(22(20)27)16-17-6-2-1-3-7-17/h1-4,6-8,10-14,21H,5,9,15-16H2. The number of benzene rings is 2. The number of nitrogens with zero attached hydrogens (tertiary/aromatic N) is 2. The van der Waals surface area contributed by atoms with Crippen molar-refractivity contribution in [2.75, 3.05) is 6.54 Å². The van der Waals surface area contributed by atoms with Crippen LogP contribution in [0.5, 0.6) is 0 Å². The van der Waals surface area contributed by atoms with Gasteiger partial charge in [-0.1, -0.05) is 58.4 Å². The molecular weight excluding hydrogens is 416 g/mol. The maximum atomic E-state index is 13.2. The molecule has 1 saturated heterocycles. The number of amides is 1. The summed E-state index contributed by atoms with van der Waals surface area (Å²) in [7, 11) is 0. The van der Waals surface area contributed by atoms with E-state index in [1.165, 1.54) is 0 Å². The number of halogens is 1. The van der Waals surface area contributed by atoms with Gasteiger partial charge in [0, 0.05) is 17.2 Å². The van der Waals surface area contributed by atoms with Crippen molar-refractivity contribution >= 4 is 21.8 Å². The molecule has 3 aromatic rings. The summed E-state index contributed by atoms with van der Waals surface area (Å²) in [5.41, 5.74) is 2.14. The van der Waals surface area contributed by atoms with E-state index in [-0.39, 0.29) is 23.1 Å². The van der Waals surface area contributed by atoms with Crippen molar-refractivity contribution in [1.29, 1.82) is 0 Å². The first-order chi connectivity index (χ1) is 13.6. The molecule has 0 radical (unpaired) electrons. The number of hydrogen-bond donors (Lipinski definition) is 0. The summed E-state index contributed by atoms with van der Waals surface area (Å²) in [4.78, 5) is 28.0. The van der Waals surface area contributed by atoms with E-state index in [0.717, 1.165) is 28.4 Å². The van der Waals surface area contributed by atoms with Crippen LogP contribution in [0.4, 0.5) is 0 Å². The van der Waals surface area contributed by atoms with Gasteiger partial charge in [0.15, 0.2) is 0 Å². The number of likely N-dealkylation sites (tertiary alicyclic amines) is 1. The molecule has 1 aromatic heterocycles.